The molecule has 1 heterocycles. The highest BCUT2D eigenvalue weighted by molar-refractivity contribution is 5.12. The lowest BCUT2D eigenvalue weighted by Gasteiger charge is -2.57. The summed E-state index contributed by atoms with van der Waals surface area (Å²) in [5.41, 5.74) is 0. The van der Waals surface area contributed by atoms with Crippen LogP contribution in [-0.2, 0) is 4.74 Å². The van der Waals surface area contributed by atoms with Crippen LogP contribution in [-0.4, -0.2) is 17.5 Å². The minimum Gasteiger partial charge on any atom is -0.365 e. The van der Waals surface area contributed by atoms with Gasteiger partial charge in [-0.25, -0.2) is 0 Å². The standard InChI is InChI=1S/C15H24O2/c1-9-4-6-13-10(2)8-17-15(16)11(3)5-7-12(9)14(13)15/h4,6,9-14,16H,5,7-8H2,1-3H3/t9-,10+,11-,12-,13?,14+,15-/m1/s1. The van der Waals surface area contributed by atoms with E-state index in [4.69, 9.17) is 4.74 Å². The van der Waals surface area contributed by atoms with Crippen molar-refractivity contribution in [3.63, 3.8) is 0 Å². The van der Waals surface area contributed by atoms with Crippen molar-refractivity contribution in [2.24, 2.45) is 35.5 Å². The summed E-state index contributed by atoms with van der Waals surface area (Å²) in [7, 11) is 0. The van der Waals surface area contributed by atoms with Gasteiger partial charge in [0.1, 0.15) is 0 Å². The zero-order valence-electron chi connectivity index (χ0n) is 11.1. The Hall–Kier alpha value is -0.340. The van der Waals surface area contributed by atoms with E-state index >= 15 is 0 Å². The fraction of sp³-hybridized carbons (Fsp3) is 0.867. The van der Waals surface area contributed by atoms with Crippen LogP contribution in [0.4, 0.5) is 0 Å². The van der Waals surface area contributed by atoms with Crippen LogP contribution in [0.5, 0.6) is 0 Å². The average Bonchev–Trinajstić information content (AvgIpc) is 2.31. The van der Waals surface area contributed by atoms with Crippen molar-refractivity contribution >= 4 is 0 Å². The Balaban J connectivity index is 2.02. The van der Waals surface area contributed by atoms with Crippen LogP contribution in [0.2, 0.25) is 0 Å². The van der Waals surface area contributed by atoms with Gasteiger partial charge in [-0.1, -0.05) is 32.9 Å². The predicted molar refractivity (Wildman–Crippen MR) is 67.2 cm³/mol. The first-order valence-electron chi connectivity index (χ1n) is 7.08. The van der Waals surface area contributed by atoms with Gasteiger partial charge in [-0.3, -0.25) is 0 Å². The second-order valence-electron chi connectivity index (χ2n) is 6.53. The predicted octanol–water partition coefficient (Wildman–Crippen LogP) is 2.83. The minimum atomic E-state index is -0.862. The van der Waals surface area contributed by atoms with Crippen molar-refractivity contribution < 1.29 is 9.84 Å². The van der Waals surface area contributed by atoms with E-state index in [0.29, 0.717) is 36.2 Å². The molecule has 0 aromatic rings. The Kier molecular flexibility index (Phi) is 2.64. The Morgan fingerprint density at radius 3 is 2.71 bits per heavy atom. The maximum absolute atomic E-state index is 10.9. The third-order valence-corrected chi connectivity index (χ3v) is 5.54. The number of aliphatic hydroxyl groups is 1. The van der Waals surface area contributed by atoms with Gasteiger partial charge in [0.15, 0.2) is 5.79 Å². The van der Waals surface area contributed by atoms with Crippen LogP contribution < -0.4 is 0 Å². The van der Waals surface area contributed by atoms with E-state index in [1.807, 2.05) is 0 Å². The Morgan fingerprint density at radius 1 is 1.18 bits per heavy atom. The van der Waals surface area contributed by atoms with Crippen molar-refractivity contribution in [3.05, 3.63) is 12.2 Å². The van der Waals surface area contributed by atoms with Crippen molar-refractivity contribution in [1.29, 1.82) is 0 Å². The summed E-state index contributed by atoms with van der Waals surface area (Å²) in [6, 6.07) is 0. The second kappa shape index (κ2) is 3.83. The molecule has 1 saturated carbocycles. The van der Waals surface area contributed by atoms with Crippen molar-refractivity contribution in [2.45, 2.75) is 39.4 Å². The molecular weight excluding hydrogens is 212 g/mol. The third-order valence-electron chi connectivity index (χ3n) is 5.54. The normalized spacial score (nSPS) is 57.6. The molecule has 1 N–H and O–H groups in total. The van der Waals surface area contributed by atoms with Crippen molar-refractivity contribution in [2.75, 3.05) is 6.61 Å². The molecule has 1 saturated heterocycles. The zero-order chi connectivity index (χ0) is 12.2. The fourth-order valence-electron chi connectivity index (χ4n) is 4.34. The summed E-state index contributed by atoms with van der Waals surface area (Å²) in [5, 5.41) is 10.9. The van der Waals surface area contributed by atoms with Crippen LogP contribution in [0.1, 0.15) is 33.6 Å². The summed E-state index contributed by atoms with van der Waals surface area (Å²) in [5.74, 6) is 1.97. The van der Waals surface area contributed by atoms with E-state index in [0.717, 1.165) is 6.42 Å². The zero-order valence-corrected chi connectivity index (χ0v) is 11.1. The fourth-order valence-corrected chi connectivity index (χ4v) is 4.34. The van der Waals surface area contributed by atoms with E-state index in [2.05, 4.69) is 32.9 Å². The van der Waals surface area contributed by atoms with Gasteiger partial charge >= 0.3 is 0 Å². The van der Waals surface area contributed by atoms with Gasteiger partial charge in [0, 0.05) is 11.8 Å². The Labute approximate surface area is 104 Å². The number of hydrogen-bond acceptors (Lipinski definition) is 2. The van der Waals surface area contributed by atoms with Gasteiger partial charge in [0.05, 0.1) is 6.61 Å². The molecule has 17 heavy (non-hydrogen) atoms. The molecule has 0 aromatic carbocycles. The molecule has 0 radical (unpaired) electrons. The largest absolute Gasteiger partial charge is 0.365 e. The number of rotatable bonds is 0. The topological polar surface area (TPSA) is 29.5 Å². The molecule has 2 nitrogen and oxygen atoms in total. The molecule has 3 rings (SSSR count). The molecule has 96 valence electrons. The third kappa shape index (κ3) is 1.53. The average molecular weight is 236 g/mol. The molecule has 0 bridgehead atoms. The van der Waals surface area contributed by atoms with Crippen molar-refractivity contribution in [1.82, 2.24) is 0 Å². The molecule has 1 aliphatic heterocycles. The molecule has 0 amide bonds. The van der Waals surface area contributed by atoms with E-state index in [9.17, 15) is 5.11 Å². The lowest BCUT2D eigenvalue weighted by molar-refractivity contribution is -0.329. The number of ether oxygens (including phenoxy) is 1. The molecule has 1 unspecified atom stereocenters. The summed E-state index contributed by atoms with van der Waals surface area (Å²) in [6.07, 6.45) is 7.05. The first kappa shape index (κ1) is 11.7. The monoisotopic (exact) mass is 236 g/mol. The van der Waals surface area contributed by atoms with Crippen LogP contribution >= 0.6 is 0 Å². The highest BCUT2D eigenvalue weighted by atomic mass is 16.6. The molecular formula is C15H24O2. The van der Waals surface area contributed by atoms with Gasteiger partial charge < -0.3 is 9.84 Å². The SMILES string of the molecule is C[C@@H]1C=CC2[C@@H]3[C@@H]1CC[C@@H](C)[C@@]3(O)OC[C@@H]2C. The van der Waals surface area contributed by atoms with Crippen LogP contribution in [0.25, 0.3) is 0 Å². The Bertz CT molecular complexity index is 338. The molecule has 0 spiro atoms. The molecule has 2 fully saturated rings. The lowest BCUT2D eigenvalue weighted by atomic mass is 9.56. The molecule has 2 aliphatic carbocycles. The van der Waals surface area contributed by atoms with Gasteiger partial charge in [-0.2, -0.15) is 0 Å². The van der Waals surface area contributed by atoms with E-state index in [-0.39, 0.29) is 5.92 Å². The van der Waals surface area contributed by atoms with Gasteiger partial charge in [-0.05, 0) is 36.5 Å². The highest BCUT2D eigenvalue weighted by Crippen LogP contribution is 2.55. The summed E-state index contributed by atoms with van der Waals surface area (Å²) >= 11 is 0. The molecule has 7 atom stereocenters. The van der Waals surface area contributed by atoms with Crippen LogP contribution in [0.3, 0.4) is 0 Å². The van der Waals surface area contributed by atoms with Crippen molar-refractivity contribution in [3.8, 4) is 0 Å². The summed E-state index contributed by atoms with van der Waals surface area (Å²) in [4.78, 5) is 0. The smallest absolute Gasteiger partial charge is 0.171 e. The van der Waals surface area contributed by atoms with Gasteiger partial charge in [-0.15, -0.1) is 0 Å². The summed E-state index contributed by atoms with van der Waals surface area (Å²) < 4.78 is 5.90. The van der Waals surface area contributed by atoms with Gasteiger partial charge in [0.2, 0.25) is 0 Å². The highest BCUT2D eigenvalue weighted by Gasteiger charge is 2.57. The maximum Gasteiger partial charge on any atom is 0.171 e. The first-order valence-corrected chi connectivity index (χ1v) is 7.08. The minimum absolute atomic E-state index is 0.275. The number of allylic oxidation sites excluding steroid dienone is 2. The van der Waals surface area contributed by atoms with E-state index in [1.54, 1.807) is 0 Å². The molecule has 3 aliphatic rings. The summed E-state index contributed by atoms with van der Waals surface area (Å²) in [6.45, 7) is 7.38. The lowest BCUT2D eigenvalue weighted by Crippen LogP contribution is -2.61. The first-order chi connectivity index (χ1) is 8.04. The molecule has 0 aromatic heterocycles. The molecule has 2 heteroatoms. The second-order valence-corrected chi connectivity index (χ2v) is 6.53. The van der Waals surface area contributed by atoms with Gasteiger partial charge in [0.25, 0.3) is 0 Å². The van der Waals surface area contributed by atoms with Crippen LogP contribution in [0.15, 0.2) is 12.2 Å². The number of hydrogen-bond donors (Lipinski definition) is 1. The van der Waals surface area contributed by atoms with Crippen LogP contribution in [0, 0.1) is 35.5 Å². The van der Waals surface area contributed by atoms with E-state index in [1.165, 1.54) is 6.42 Å². The quantitative estimate of drug-likeness (QED) is 0.655. The maximum atomic E-state index is 10.9. The van der Waals surface area contributed by atoms with E-state index < -0.39 is 5.79 Å². The Morgan fingerprint density at radius 2 is 1.94 bits per heavy atom.